The molecule has 0 saturated carbocycles. The molecule has 1 unspecified atom stereocenters. The van der Waals surface area contributed by atoms with Gasteiger partial charge >= 0.3 is 0 Å². The summed E-state index contributed by atoms with van der Waals surface area (Å²) in [5, 5.41) is 9.15. The number of nitriles is 1. The van der Waals surface area contributed by atoms with Gasteiger partial charge < -0.3 is 4.57 Å². The van der Waals surface area contributed by atoms with Crippen LogP contribution >= 0.6 is 0 Å². The lowest BCUT2D eigenvalue weighted by Gasteiger charge is -2.16. The monoisotopic (exact) mass is 325 g/mol. The maximum absolute atomic E-state index is 13.4. The van der Waals surface area contributed by atoms with Gasteiger partial charge in [-0.2, -0.15) is 5.26 Å². The van der Waals surface area contributed by atoms with Crippen LogP contribution in [0.2, 0.25) is 0 Å². The van der Waals surface area contributed by atoms with Crippen molar-refractivity contribution in [1.29, 1.82) is 5.26 Å². The Morgan fingerprint density at radius 1 is 1.29 bits per heavy atom. The lowest BCUT2D eigenvalue weighted by atomic mass is 9.97. The van der Waals surface area contributed by atoms with Crippen LogP contribution in [0.4, 0.5) is 4.39 Å². The van der Waals surface area contributed by atoms with Gasteiger partial charge in [0.05, 0.1) is 0 Å². The largest absolute Gasteiger partial charge is 0.340 e. The van der Waals surface area contributed by atoms with Gasteiger partial charge in [-0.05, 0) is 68.0 Å². The van der Waals surface area contributed by atoms with E-state index in [9.17, 15) is 4.39 Å². The molecule has 0 aliphatic carbocycles. The Hall–Kier alpha value is -2.12. The Morgan fingerprint density at radius 2 is 2.08 bits per heavy atom. The standard InChI is InChI=1S/C20H24FN3/c1-14-8-16(4-5-20(14)21)9-17-6-7-24(12-17)13-18-10-19(11-22)23(3)15(18)2/h4-5,8,10,17H,6-7,9,12-13H2,1-3H3. The first-order valence-electron chi connectivity index (χ1n) is 8.50. The van der Waals surface area contributed by atoms with Gasteiger partial charge in [-0.25, -0.2) is 4.39 Å². The smallest absolute Gasteiger partial charge is 0.126 e. The minimum Gasteiger partial charge on any atom is -0.340 e. The highest BCUT2D eigenvalue weighted by molar-refractivity contribution is 5.34. The first-order chi connectivity index (χ1) is 11.5. The van der Waals surface area contributed by atoms with Crippen LogP contribution in [0.1, 0.15) is 34.5 Å². The molecule has 1 fully saturated rings. The molecule has 2 aromatic rings. The average Bonchev–Trinajstić information content (AvgIpc) is 3.10. The van der Waals surface area contributed by atoms with Gasteiger partial charge in [-0.3, -0.25) is 4.90 Å². The molecule has 126 valence electrons. The maximum atomic E-state index is 13.4. The highest BCUT2D eigenvalue weighted by atomic mass is 19.1. The number of halogens is 1. The van der Waals surface area contributed by atoms with Crippen LogP contribution < -0.4 is 0 Å². The second-order valence-electron chi connectivity index (χ2n) is 6.99. The van der Waals surface area contributed by atoms with Crippen LogP contribution in [0.5, 0.6) is 0 Å². The number of nitrogens with zero attached hydrogens (tertiary/aromatic N) is 3. The van der Waals surface area contributed by atoms with Crippen LogP contribution in [0.15, 0.2) is 24.3 Å². The molecule has 24 heavy (non-hydrogen) atoms. The van der Waals surface area contributed by atoms with Crippen LogP contribution in [0.25, 0.3) is 0 Å². The second kappa shape index (κ2) is 6.78. The molecule has 1 aromatic carbocycles. The number of hydrogen-bond donors (Lipinski definition) is 0. The quantitative estimate of drug-likeness (QED) is 0.858. The van der Waals surface area contributed by atoms with Crippen LogP contribution in [0.3, 0.4) is 0 Å². The molecule has 1 atom stereocenters. The Balaban J connectivity index is 1.61. The fourth-order valence-corrected chi connectivity index (χ4v) is 3.66. The van der Waals surface area contributed by atoms with E-state index in [0.717, 1.165) is 37.3 Å². The van der Waals surface area contributed by atoms with Gasteiger partial charge in [0.1, 0.15) is 17.6 Å². The zero-order valence-electron chi connectivity index (χ0n) is 14.6. The van der Waals surface area contributed by atoms with E-state index in [0.29, 0.717) is 5.92 Å². The third-order valence-corrected chi connectivity index (χ3v) is 5.27. The van der Waals surface area contributed by atoms with Gasteiger partial charge in [0.2, 0.25) is 0 Å². The molecule has 1 aliphatic heterocycles. The molecule has 3 rings (SSSR count). The first kappa shape index (κ1) is 16.7. The lowest BCUT2D eigenvalue weighted by Crippen LogP contribution is -2.21. The molecular formula is C20H24FN3. The van der Waals surface area contributed by atoms with E-state index in [4.69, 9.17) is 5.26 Å². The number of aromatic nitrogens is 1. The predicted octanol–water partition coefficient (Wildman–Crippen LogP) is 3.72. The zero-order chi connectivity index (χ0) is 17.3. The Labute approximate surface area is 143 Å². The minimum atomic E-state index is -0.125. The van der Waals surface area contributed by atoms with Crippen molar-refractivity contribution in [3.05, 3.63) is 58.2 Å². The molecular weight excluding hydrogens is 301 g/mol. The van der Waals surface area contributed by atoms with Crippen LogP contribution in [-0.2, 0) is 20.0 Å². The summed E-state index contributed by atoms with van der Waals surface area (Å²) in [6.45, 7) is 6.95. The van der Waals surface area contributed by atoms with Gasteiger partial charge in [0.25, 0.3) is 0 Å². The summed E-state index contributed by atoms with van der Waals surface area (Å²) < 4.78 is 15.3. The second-order valence-corrected chi connectivity index (χ2v) is 6.99. The molecule has 4 heteroatoms. The van der Waals surface area contributed by atoms with Gasteiger partial charge in [-0.1, -0.05) is 12.1 Å². The Kier molecular flexibility index (Phi) is 4.73. The molecule has 1 saturated heterocycles. The summed E-state index contributed by atoms with van der Waals surface area (Å²) >= 11 is 0. The molecule has 0 amide bonds. The van der Waals surface area contributed by atoms with Crippen molar-refractivity contribution in [2.45, 2.75) is 33.2 Å². The number of benzene rings is 1. The van der Waals surface area contributed by atoms with E-state index >= 15 is 0 Å². The SMILES string of the molecule is Cc1cc(CC2CCN(Cc3cc(C#N)n(C)c3C)C2)ccc1F. The van der Waals surface area contributed by atoms with Gasteiger partial charge in [0.15, 0.2) is 0 Å². The molecule has 0 spiro atoms. The summed E-state index contributed by atoms with van der Waals surface area (Å²) in [4.78, 5) is 2.46. The zero-order valence-corrected chi connectivity index (χ0v) is 14.6. The molecule has 1 aliphatic rings. The van der Waals surface area contributed by atoms with Gasteiger partial charge in [0, 0.05) is 25.8 Å². The molecule has 0 N–H and O–H groups in total. The van der Waals surface area contributed by atoms with E-state index in [2.05, 4.69) is 17.9 Å². The van der Waals surface area contributed by atoms with Crippen molar-refractivity contribution in [1.82, 2.24) is 9.47 Å². The third kappa shape index (κ3) is 3.37. The number of likely N-dealkylation sites (tertiary alicyclic amines) is 1. The van der Waals surface area contributed by atoms with E-state index in [1.165, 1.54) is 23.2 Å². The summed E-state index contributed by atoms with van der Waals surface area (Å²) in [6.07, 6.45) is 2.18. The van der Waals surface area contributed by atoms with Crippen molar-refractivity contribution < 1.29 is 4.39 Å². The molecule has 1 aromatic heterocycles. The minimum absolute atomic E-state index is 0.125. The van der Waals surface area contributed by atoms with Crippen molar-refractivity contribution in [2.24, 2.45) is 13.0 Å². The Bertz CT molecular complexity index is 785. The highest BCUT2D eigenvalue weighted by Crippen LogP contribution is 2.25. The fourth-order valence-electron chi connectivity index (χ4n) is 3.66. The summed E-state index contributed by atoms with van der Waals surface area (Å²) in [5.41, 5.74) is 5.09. The third-order valence-electron chi connectivity index (χ3n) is 5.27. The molecule has 2 heterocycles. The average molecular weight is 325 g/mol. The van der Waals surface area contributed by atoms with Crippen molar-refractivity contribution >= 4 is 0 Å². The predicted molar refractivity (Wildman–Crippen MR) is 93.1 cm³/mol. The van der Waals surface area contributed by atoms with Gasteiger partial charge in [-0.15, -0.1) is 0 Å². The Morgan fingerprint density at radius 3 is 2.75 bits per heavy atom. The van der Waals surface area contributed by atoms with Crippen LogP contribution in [-0.4, -0.2) is 22.6 Å². The van der Waals surface area contributed by atoms with E-state index < -0.39 is 0 Å². The summed E-state index contributed by atoms with van der Waals surface area (Å²) in [5.74, 6) is 0.494. The molecule has 0 bridgehead atoms. The summed E-state index contributed by atoms with van der Waals surface area (Å²) in [7, 11) is 1.95. The topological polar surface area (TPSA) is 32.0 Å². The van der Waals surface area contributed by atoms with Crippen molar-refractivity contribution in [3.63, 3.8) is 0 Å². The number of rotatable bonds is 4. The number of hydrogen-bond acceptors (Lipinski definition) is 2. The fraction of sp³-hybridized carbons (Fsp3) is 0.450. The molecule has 3 nitrogen and oxygen atoms in total. The van der Waals surface area contributed by atoms with E-state index in [1.54, 1.807) is 6.07 Å². The maximum Gasteiger partial charge on any atom is 0.126 e. The van der Waals surface area contributed by atoms with E-state index in [1.807, 2.05) is 36.7 Å². The summed E-state index contributed by atoms with van der Waals surface area (Å²) in [6, 6.07) is 9.71. The number of aryl methyl sites for hydroxylation is 1. The van der Waals surface area contributed by atoms with Crippen molar-refractivity contribution in [3.8, 4) is 6.07 Å². The van der Waals surface area contributed by atoms with Crippen molar-refractivity contribution in [2.75, 3.05) is 13.1 Å². The highest BCUT2D eigenvalue weighted by Gasteiger charge is 2.24. The van der Waals surface area contributed by atoms with E-state index in [-0.39, 0.29) is 5.82 Å². The molecule has 0 radical (unpaired) electrons. The normalized spacial score (nSPS) is 18.0. The van der Waals surface area contributed by atoms with Crippen LogP contribution in [0, 0.1) is 36.9 Å². The lowest BCUT2D eigenvalue weighted by molar-refractivity contribution is 0.315. The first-order valence-corrected chi connectivity index (χ1v) is 8.50.